The second-order valence-corrected chi connectivity index (χ2v) is 7.03. The summed E-state index contributed by atoms with van der Waals surface area (Å²) in [5, 5.41) is 12.4. The molecule has 1 amide bonds. The topological polar surface area (TPSA) is 114 Å². The molecule has 1 aromatic heterocycles. The van der Waals surface area contributed by atoms with Crippen LogP contribution in [0, 0.1) is 0 Å². The number of hydrogen-bond acceptors (Lipinski definition) is 8. The second-order valence-electron chi connectivity index (χ2n) is 6.62. The van der Waals surface area contributed by atoms with Gasteiger partial charge in [0, 0.05) is 12.2 Å². The van der Waals surface area contributed by atoms with Gasteiger partial charge in [-0.3, -0.25) is 4.79 Å². The van der Waals surface area contributed by atoms with Gasteiger partial charge in [0.15, 0.2) is 23.2 Å². The number of nitrogens with one attached hydrogen (secondary N) is 1. The van der Waals surface area contributed by atoms with Crippen LogP contribution in [-0.4, -0.2) is 53.7 Å². The molecule has 31 heavy (non-hydrogen) atoms. The van der Waals surface area contributed by atoms with Gasteiger partial charge in [-0.15, -0.1) is 0 Å². The fourth-order valence-electron chi connectivity index (χ4n) is 3.22. The maximum absolute atomic E-state index is 12.6. The predicted molar refractivity (Wildman–Crippen MR) is 112 cm³/mol. The molecule has 160 valence electrons. The first-order valence-corrected chi connectivity index (χ1v) is 9.68. The molecule has 2 N–H and O–H groups in total. The van der Waals surface area contributed by atoms with Crippen LogP contribution < -0.4 is 10.1 Å². The Morgan fingerprint density at radius 3 is 2.90 bits per heavy atom. The molecule has 3 aromatic rings. The molecule has 0 radical (unpaired) electrons. The SMILES string of the molecule is COC(=O)C1=C(Nc2ccc(Oc3cccc4ocnc34)c(Cl)c2)C(=O)N(CCO)C1. The number of aliphatic hydroxyl groups excluding tert-OH is 1. The van der Waals surface area contributed by atoms with E-state index in [1.807, 2.05) is 0 Å². The van der Waals surface area contributed by atoms with Crippen LogP contribution in [0.4, 0.5) is 5.69 Å². The Bertz CT molecular complexity index is 1190. The van der Waals surface area contributed by atoms with Crippen LogP contribution in [0.15, 0.2) is 58.5 Å². The summed E-state index contributed by atoms with van der Waals surface area (Å²) >= 11 is 6.39. The van der Waals surface area contributed by atoms with Gasteiger partial charge >= 0.3 is 5.97 Å². The van der Waals surface area contributed by atoms with Crippen molar-refractivity contribution in [2.75, 3.05) is 32.1 Å². The standard InChI is InChI=1S/C21H18ClN3O6/c1-29-21(28)13-10-25(7-8-26)20(27)18(13)24-12-5-6-15(14(22)9-12)31-17-4-2-3-16-19(17)23-11-30-16/h2-6,9,11,24,26H,7-8,10H2,1H3. The summed E-state index contributed by atoms with van der Waals surface area (Å²) in [6.07, 6.45) is 1.33. The molecule has 0 fully saturated rings. The Balaban J connectivity index is 1.58. The van der Waals surface area contributed by atoms with Crippen molar-refractivity contribution in [2.24, 2.45) is 0 Å². The van der Waals surface area contributed by atoms with E-state index in [4.69, 9.17) is 30.6 Å². The van der Waals surface area contributed by atoms with Gasteiger partial charge in [-0.2, -0.15) is 0 Å². The Morgan fingerprint density at radius 1 is 1.32 bits per heavy atom. The van der Waals surface area contributed by atoms with Gasteiger partial charge in [-0.1, -0.05) is 17.7 Å². The van der Waals surface area contributed by atoms with Gasteiger partial charge in [0.1, 0.15) is 11.4 Å². The van der Waals surface area contributed by atoms with Gasteiger partial charge in [0.05, 0.1) is 30.9 Å². The number of nitrogens with zero attached hydrogens (tertiary/aromatic N) is 2. The van der Waals surface area contributed by atoms with E-state index in [1.165, 1.54) is 18.4 Å². The highest BCUT2D eigenvalue weighted by Crippen LogP contribution is 2.35. The monoisotopic (exact) mass is 443 g/mol. The van der Waals surface area contributed by atoms with Crippen LogP contribution in [0.25, 0.3) is 11.1 Å². The Hall–Kier alpha value is -3.56. The van der Waals surface area contributed by atoms with E-state index in [-0.39, 0.29) is 36.0 Å². The number of rotatable bonds is 7. The molecule has 0 saturated heterocycles. The maximum Gasteiger partial charge on any atom is 0.337 e. The van der Waals surface area contributed by atoms with Crippen molar-refractivity contribution in [2.45, 2.75) is 0 Å². The van der Waals surface area contributed by atoms with Gasteiger partial charge in [0.25, 0.3) is 5.91 Å². The van der Waals surface area contributed by atoms with Crippen LogP contribution in [0.5, 0.6) is 11.5 Å². The number of esters is 1. The zero-order chi connectivity index (χ0) is 22.0. The van der Waals surface area contributed by atoms with Gasteiger partial charge in [0.2, 0.25) is 0 Å². The number of methoxy groups -OCH3 is 1. The number of halogens is 1. The molecule has 2 heterocycles. The van der Waals surface area contributed by atoms with Crippen LogP contribution in [0.3, 0.4) is 0 Å². The number of ether oxygens (including phenoxy) is 2. The van der Waals surface area contributed by atoms with Crippen LogP contribution in [0.1, 0.15) is 0 Å². The number of anilines is 1. The Kier molecular flexibility index (Phi) is 5.79. The van der Waals surface area contributed by atoms with Gasteiger partial charge in [-0.05, 0) is 30.3 Å². The summed E-state index contributed by atoms with van der Waals surface area (Å²) in [5.41, 5.74) is 1.88. The molecule has 0 atom stereocenters. The number of para-hydroxylation sites is 1. The molecule has 0 unspecified atom stereocenters. The summed E-state index contributed by atoms with van der Waals surface area (Å²) in [6.45, 7) is -0.0692. The highest BCUT2D eigenvalue weighted by atomic mass is 35.5. The molecular weight excluding hydrogens is 426 g/mol. The van der Waals surface area contributed by atoms with Crippen LogP contribution in [0.2, 0.25) is 5.02 Å². The number of β-amino-alcohol motifs (C(OH)–C–C–N with tert-alkyl or cyclic N) is 1. The Morgan fingerprint density at radius 2 is 2.16 bits per heavy atom. The number of aromatic nitrogens is 1. The van der Waals surface area contributed by atoms with Gasteiger partial charge in [-0.25, -0.2) is 9.78 Å². The molecule has 9 nitrogen and oxygen atoms in total. The lowest BCUT2D eigenvalue weighted by molar-refractivity contribution is -0.136. The quantitative estimate of drug-likeness (QED) is 0.536. The molecule has 2 aromatic carbocycles. The van der Waals surface area contributed by atoms with Crippen LogP contribution >= 0.6 is 11.6 Å². The number of carbonyl (C=O) groups excluding carboxylic acids is 2. The highest BCUT2D eigenvalue weighted by molar-refractivity contribution is 6.32. The zero-order valence-electron chi connectivity index (χ0n) is 16.4. The lowest BCUT2D eigenvalue weighted by atomic mass is 10.2. The lowest BCUT2D eigenvalue weighted by Gasteiger charge is -2.15. The normalized spacial score (nSPS) is 13.8. The number of aliphatic hydroxyl groups is 1. The summed E-state index contributed by atoms with van der Waals surface area (Å²) in [6, 6.07) is 10.2. The summed E-state index contributed by atoms with van der Waals surface area (Å²) < 4.78 is 15.9. The fraction of sp³-hybridized carbons (Fsp3) is 0.190. The molecule has 10 heteroatoms. The van der Waals surface area contributed by atoms with Crippen molar-refractivity contribution in [3.8, 4) is 11.5 Å². The minimum absolute atomic E-state index is 0.0467. The lowest BCUT2D eigenvalue weighted by Crippen LogP contribution is -2.31. The second kappa shape index (κ2) is 8.66. The van der Waals surface area contributed by atoms with Gasteiger partial charge < -0.3 is 29.2 Å². The summed E-state index contributed by atoms with van der Waals surface area (Å²) in [7, 11) is 1.24. The predicted octanol–water partition coefficient (Wildman–Crippen LogP) is 2.95. The van der Waals surface area contributed by atoms with Crippen molar-refractivity contribution in [3.63, 3.8) is 0 Å². The van der Waals surface area contributed by atoms with E-state index in [9.17, 15) is 9.59 Å². The molecule has 1 aliphatic heterocycles. The first-order valence-electron chi connectivity index (χ1n) is 9.30. The molecular formula is C21H18ClN3O6. The average Bonchev–Trinajstić information content (AvgIpc) is 3.36. The number of amides is 1. The number of oxazole rings is 1. The highest BCUT2D eigenvalue weighted by Gasteiger charge is 2.34. The van der Waals surface area contributed by atoms with Crippen LogP contribution in [-0.2, 0) is 14.3 Å². The number of carbonyl (C=O) groups is 2. The third-order valence-electron chi connectivity index (χ3n) is 4.70. The van der Waals surface area contributed by atoms with Crippen molar-refractivity contribution in [1.29, 1.82) is 0 Å². The molecule has 0 aliphatic carbocycles. The molecule has 0 bridgehead atoms. The smallest absolute Gasteiger partial charge is 0.337 e. The number of benzene rings is 2. The first-order chi connectivity index (χ1) is 15.0. The molecule has 4 rings (SSSR count). The zero-order valence-corrected chi connectivity index (χ0v) is 17.2. The first kappa shape index (κ1) is 20.7. The average molecular weight is 444 g/mol. The maximum atomic E-state index is 12.6. The van der Waals surface area contributed by atoms with Crippen molar-refractivity contribution >= 4 is 40.3 Å². The third kappa shape index (κ3) is 4.05. The summed E-state index contributed by atoms with van der Waals surface area (Å²) in [5.74, 6) is -0.175. The Labute approximate surface area is 181 Å². The molecule has 0 saturated carbocycles. The molecule has 1 aliphatic rings. The summed E-state index contributed by atoms with van der Waals surface area (Å²) in [4.78, 5) is 30.2. The molecule has 0 spiro atoms. The third-order valence-corrected chi connectivity index (χ3v) is 4.99. The van der Waals surface area contributed by atoms with E-state index >= 15 is 0 Å². The minimum atomic E-state index is -0.622. The number of fused-ring (bicyclic) bond motifs is 1. The number of hydrogen-bond donors (Lipinski definition) is 2. The van der Waals surface area contributed by atoms with Crippen molar-refractivity contribution < 1.29 is 28.6 Å². The van der Waals surface area contributed by atoms with E-state index < -0.39 is 11.9 Å². The fourth-order valence-corrected chi connectivity index (χ4v) is 3.43. The largest absolute Gasteiger partial charge is 0.466 e. The van der Waals surface area contributed by atoms with Crippen molar-refractivity contribution in [3.05, 3.63) is 59.1 Å². The van der Waals surface area contributed by atoms with E-state index in [1.54, 1.807) is 36.4 Å². The van der Waals surface area contributed by atoms with Crippen molar-refractivity contribution in [1.82, 2.24) is 9.88 Å². The van der Waals surface area contributed by atoms with E-state index in [2.05, 4.69) is 10.3 Å². The minimum Gasteiger partial charge on any atom is -0.466 e. The van der Waals surface area contributed by atoms with E-state index in [0.717, 1.165) is 0 Å². The van der Waals surface area contributed by atoms with E-state index in [0.29, 0.717) is 28.3 Å².